The van der Waals surface area contributed by atoms with E-state index >= 15 is 0 Å². The van der Waals surface area contributed by atoms with Gasteiger partial charge in [-0.3, -0.25) is 4.79 Å². The molecule has 2 N–H and O–H groups in total. The van der Waals surface area contributed by atoms with Crippen LogP contribution in [0.4, 0.5) is 0 Å². The fourth-order valence-corrected chi connectivity index (χ4v) is 4.09. The molecule has 0 heterocycles. The van der Waals surface area contributed by atoms with E-state index in [1.165, 1.54) is 19.3 Å². The molecular formula is C16H19BrN2O2. The predicted molar refractivity (Wildman–Crippen MR) is 85.1 cm³/mol. The number of carbonyl (C=O) groups is 1. The molecule has 2 aliphatic rings. The van der Waals surface area contributed by atoms with Crippen LogP contribution in [0.15, 0.2) is 27.8 Å². The van der Waals surface area contributed by atoms with Crippen LogP contribution in [0.5, 0.6) is 5.75 Å². The van der Waals surface area contributed by atoms with E-state index in [9.17, 15) is 9.90 Å². The van der Waals surface area contributed by atoms with Crippen LogP contribution in [0.2, 0.25) is 0 Å². The minimum atomic E-state index is 0.0403. The number of fused-ring (bicyclic) bond motifs is 1. The first-order valence-corrected chi connectivity index (χ1v) is 8.13. The fourth-order valence-electron chi connectivity index (χ4n) is 3.69. The lowest BCUT2D eigenvalue weighted by atomic mass is 9.90. The van der Waals surface area contributed by atoms with Crippen LogP contribution in [-0.2, 0) is 4.79 Å². The Morgan fingerprint density at radius 2 is 2.33 bits per heavy atom. The van der Waals surface area contributed by atoms with Gasteiger partial charge in [0.05, 0.1) is 10.7 Å². The molecule has 2 fully saturated rings. The van der Waals surface area contributed by atoms with E-state index in [0.29, 0.717) is 10.4 Å². The molecule has 1 aromatic rings. The highest BCUT2D eigenvalue weighted by molar-refractivity contribution is 9.10. The minimum Gasteiger partial charge on any atom is -0.507 e. The van der Waals surface area contributed by atoms with Gasteiger partial charge in [0.15, 0.2) is 0 Å². The molecule has 0 spiro atoms. The molecule has 112 valence electrons. The van der Waals surface area contributed by atoms with Crippen molar-refractivity contribution >= 4 is 28.1 Å². The fraction of sp³-hybridized carbons (Fsp3) is 0.500. The molecule has 0 radical (unpaired) electrons. The topological polar surface area (TPSA) is 61.7 Å². The van der Waals surface area contributed by atoms with Crippen LogP contribution in [0.3, 0.4) is 0 Å². The molecular weight excluding hydrogens is 332 g/mol. The average molecular weight is 351 g/mol. The van der Waals surface area contributed by atoms with Gasteiger partial charge in [-0.2, -0.15) is 5.10 Å². The van der Waals surface area contributed by atoms with Crippen LogP contribution >= 0.6 is 15.9 Å². The largest absolute Gasteiger partial charge is 0.507 e. The number of hydrazone groups is 1. The van der Waals surface area contributed by atoms with Gasteiger partial charge in [0.1, 0.15) is 5.75 Å². The van der Waals surface area contributed by atoms with Gasteiger partial charge in [-0.25, -0.2) is 5.43 Å². The quantitative estimate of drug-likeness (QED) is 0.647. The van der Waals surface area contributed by atoms with Crippen LogP contribution in [0, 0.1) is 17.3 Å². The van der Waals surface area contributed by atoms with Crippen molar-refractivity contribution in [2.24, 2.45) is 22.4 Å². The summed E-state index contributed by atoms with van der Waals surface area (Å²) in [6.07, 6.45) is 6.40. The number of phenolic OH excluding ortho intramolecular Hbond substituents is 1. The Bertz CT molecular complexity index is 602. The number of amides is 1. The first-order valence-electron chi connectivity index (χ1n) is 7.34. The molecule has 3 unspecified atom stereocenters. The Balaban J connectivity index is 1.59. The minimum absolute atomic E-state index is 0.0403. The summed E-state index contributed by atoms with van der Waals surface area (Å²) in [5.41, 5.74) is 3.69. The van der Waals surface area contributed by atoms with Crippen LogP contribution in [-0.4, -0.2) is 17.2 Å². The number of rotatable bonds is 3. The molecule has 0 aromatic heterocycles. The van der Waals surface area contributed by atoms with Crippen LogP contribution in [0.1, 0.15) is 38.2 Å². The van der Waals surface area contributed by atoms with Crippen LogP contribution < -0.4 is 5.43 Å². The zero-order valence-corrected chi connectivity index (χ0v) is 13.6. The zero-order valence-electron chi connectivity index (χ0n) is 12.0. The lowest BCUT2D eigenvalue weighted by Crippen LogP contribution is -2.22. The summed E-state index contributed by atoms with van der Waals surface area (Å²) in [6, 6.07) is 5.08. The van der Waals surface area contributed by atoms with Gasteiger partial charge >= 0.3 is 0 Å². The van der Waals surface area contributed by atoms with E-state index in [2.05, 4.69) is 33.4 Å². The summed E-state index contributed by atoms with van der Waals surface area (Å²) < 4.78 is 0.610. The van der Waals surface area contributed by atoms with Crippen molar-refractivity contribution in [2.45, 2.75) is 32.6 Å². The van der Waals surface area contributed by atoms with E-state index in [0.717, 1.165) is 12.0 Å². The number of nitrogens with one attached hydrogen (secondary N) is 1. The number of hydrogen-bond acceptors (Lipinski definition) is 3. The van der Waals surface area contributed by atoms with E-state index in [1.807, 2.05) is 0 Å². The van der Waals surface area contributed by atoms with Crippen molar-refractivity contribution in [1.82, 2.24) is 5.43 Å². The van der Waals surface area contributed by atoms with E-state index in [4.69, 9.17) is 0 Å². The van der Waals surface area contributed by atoms with Gasteiger partial charge in [-0.15, -0.1) is 0 Å². The highest BCUT2D eigenvalue weighted by Gasteiger charge is 2.64. The lowest BCUT2D eigenvalue weighted by molar-refractivity contribution is -0.123. The van der Waals surface area contributed by atoms with Gasteiger partial charge in [0, 0.05) is 5.92 Å². The first kappa shape index (κ1) is 14.6. The van der Waals surface area contributed by atoms with Gasteiger partial charge in [0.25, 0.3) is 0 Å². The van der Waals surface area contributed by atoms with Gasteiger partial charge < -0.3 is 5.11 Å². The Hall–Kier alpha value is -1.36. The molecule has 1 aromatic carbocycles. The van der Waals surface area contributed by atoms with Gasteiger partial charge in [0.2, 0.25) is 5.91 Å². The zero-order chi connectivity index (χ0) is 15.0. The Morgan fingerprint density at radius 1 is 1.52 bits per heavy atom. The average Bonchev–Trinajstić information content (AvgIpc) is 3.08. The molecule has 21 heavy (non-hydrogen) atoms. The number of nitrogens with zero attached hydrogens (tertiary/aromatic N) is 1. The van der Waals surface area contributed by atoms with E-state index in [1.54, 1.807) is 24.4 Å². The van der Waals surface area contributed by atoms with Crippen molar-refractivity contribution in [3.63, 3.8) is 0 Å². The van der Waals surface area contributed by atoms with Crippen molar-refractivity contribution in [2.75, 3.05) is 0 Å². The van der Waals surface area contributed by atoms with Crippen molar-refractivity contribution in [3.05, 3.63) is 28.2 Å². The van der Waals surface area contributed by atoms with E-state index in [-0.39, 0.29) is 23.0 Å². The maximum absolute atomic E-state index is 12.2. The van der Waals surface area contributed by atoms with Crippen molar-refractivity contribution in [1.29, 1.82) is 0 Å². The third-order valence-corrected chi connectivity index (χ3v) is 5.61. The summed E-state index contributed by atoms with van der Waals surface area (Å²) in [4.78, 5) is 12.2. The molecule has 2 saturated carbocycles. The van der Waals surface area contributed by atoms with Crippen molar-refractivity contribution in [3.8, 4) is 5.75 Å². The number of hydrogen-bond donors (Lipinski definition) is 2. The summed E-state index contributed by atoms with van der Waals surface area (Å²) in [5, 5.41) is 13.5. The molecule has 3 rings (SSSR count). The Morgan fingerprint density at radius 3 is 3.00 bits per heavy atom. The molecule has 1 amide bonds. The number of aromatic hydroxyl groups is 1. The Kier molecular flexibility index (Phi) is 3.78. The van der Waals surface area contributed by atoms with Gasteiger partial charge in [-0.1, -0.05) is 19.8 Å². The lowest BCUT2D eigenvalue weighted by Gasteiger charge is -2.15. The number of halogens is 1. The number of benzene rings is 1. The second-order valence-electron chi connectivity index (χ2n) is 6.28. The standard InChI is InChI=1S/C16H19BrN2O2/c1-16-7-3-2-4-11(16)14(16)15(21)19-18-9-10-5-6-13(20)12(17)8-10/h5-6,8-9,11,14,20H,2-4,7H2,1H3,(H,19,21)/b18-9+. The molecule has 0 bridgehead atoms. The molecule has 2 aliphatic carbocycles. The number of phenols is 1. The molecule has 4 nitrogen and oxygen atoms in total. The number of carbonyl (C=O) groups excluding carboxylic acids is 1. The smallest absolute Gasteiger partial charge is 0.244 e. The summed E-state index contributed by atoms with van der Waals surface area (Å²) in [7, 11) is 0. The third-order valence-electron chi connectivity index (χ3n) is 4.97. The molecule has 0 saturated heterocycles. The highest BCUT2D eigenvalue weighted by Crippen LogP contribution is 2.66. The normalized spacial score (nSPS) is 31.0. The van der Waals surface area contributed by atoms with Gasteiger partial charge in [-0.05, 0) is 63.9 Å². The molecule has 0 aliphatic heterocycles. The Labute approximate surface area is 132 Å². The van der Waals surface area contributed by atoms with E-state index < -0.39 is 0 Å². The summed E-state index contributed by atoms with van der Waals surface area (Å²) in [6.45, 7) is 2.22. The monoisotopic (exact) mass is 350 g/mol. The third kappa shape index (κ3) is 2.71. The maximum atomic E-state index is 12.2. The maximum Gasteiger partial charge on any atom is 0.244 e. The predicted octanol–water partition coefficient (Wildman–Crippen LogP) is 3.43. The molecule has 3 atom stereocenters. The first-order chi connectivity index (χ1) is 10.0. The van der Waals surface area contributed by atoms with Crippen LogP contribution in [0.25, 0.3) is 0 Å². The SMILES string of the molecule is CC12CCCCC1C2C(=O)N/N=C/c1ccc(O)c(Br)c1. The summed E-state index contributed by atoms with van der Waals surface area (Å²) in [5.74, 6) is 0.901. The van der Waals surface area contributed by atoms with Crippen molar-refractivity contribution < 1.29 is 9.90 Å². The molecule has 5 heteroatoms. The second-order valence-corrected chi connectivity index (χ2v) is 7.14. The summed E-state index contributed by atoms with van der Waals surface area (Å²) >= 11 is 3.25. The second kappa shape index (κ2) is 5.44. The highest BCUT2D eigenvalue weighted by atomic mass is 79.9.